The molecule has 1 atom stereocenters. The normalized spacial score (nSPS) is 11.9. The molecule has 13 nitrogen and oxygen atoms in total. The van der Waals surface area contributed by atoms with Crippen molar-refractivity contribution in [2.75, 3.05) is 39.6 Å². The predicted molar refractivity (Wildman–Crippen MR) is 121 cm³/mol. The standard InChI is InChI=1S/C23H31NO12/c1-23(14-33-9-7-18(25)26,15-34-10-8-19(27)28)22(32)24-17(12-35-13-20(29)30)21(31)36-11-16-5-3-2-4-6-16/h2-6,17H,7-15H2,1H3,(H,24,32)(H,25,26)(H,27,28)(H,29,30)/t17-/m0/s1. The molecule has 200 valence electrons. The third-order valence-electron chi connectivity index (χ3n) is 4.63. The Morgan fingerprint density at radius 1 is 0.861 bits per heavy atom. The van der Waals surface area contributed by atoms with E-state index in [4.69, 9.17) is 34.3 Å². The molecule has 4 N–H and O–H groups in total. The van der Waals surface area contributed by atoms with Crippen molar-refractivity contribution in [3.63, 3.8) is 0 Å². The minimum absolute atomic E-state index is 0.0984. The summed E-state index contributed by atoms with van der Waals surface area (Å²) in [4.78, 5) is 58.0. The molecule has 0 saturated carbocycles. The third-order valence-corrected chi connectivity index (χ3v) is 4.63. The van der Waals surface area contributed by atoms with E-state index in [1.165, 1.54) is 6.92 Å². The van der Waals surface area contributed by atoms with Gasteiger partial charge in [-0.05, 0) is 12.5 Å². The third kappa shape index (κ3) is 12.8. The van der Waals surface area contributed by atoms with Crippen LogP contribution in [-0.4, -0.2) is 90.8 Å². The van der Waals surface area contributed by atoms with E-state index in [1.807, 2.05) is 0 Å². The number of amides is 1. The molecule has 0 aromatic heterocycles. The predicted octanol–water partition coefficient (Wildman–Crippen LogP) is 0.305. The quantitative estimate of drug-likeness (QED) is 0.146. The zero-order chi connectivity index (χ0) is 27.0. The van der Waals surface area contributed by atoms with Crippen LogP contribution in [0, 0.1) is 5.41 Å². The molecular formula is C23H31NO12. The van der Waals surface area contributed by atoms with Crippen LogP contribution in [0.25, 0.3) is 0 Å². The van der Waals surface area contributed by atoms with E-state index in [0.29, 0.717) is 5.56 Å². The smallest absolute Gasteiger partial charge is 0.331 e. The Bertz CT molecular complexity index is 851. The summed E-state index contributed by atoms with van der Waals surface area (Å²) in [7, 11) is 0. The summed E-state index contributed by atoms with van der Waals surface area (Å²) in [6.07, 6.45) is -0.621. The van der Waals surface area contributed by atoms with E-state index in [1.54, 1.807) is 30.3 Å². The average molecular weight is 513 g/mol. The molecule has 0 spiro atoms. The maximum atomic E-state index is 13.1. The van der Waals surface area contributed by atoms with Crippen LogP contribution in [0.4, 0.5) is 0 Å². The maximum Gasteiger partial charge on any atom is 0.331 e. The Kier molecular flexibility index (Phi) is 13.7. The molecule has 1 rings (SSSR count). The first-order valence-corrected chi connectivity index (χ1v) is 10.9. The summed E-state index contributed by atoms with van der Waals surface area (Å²) < 4.78 is 20.8. The molecule has 36 heavy (non-hydrogen) atoms. The van der Waals surface area contributed by atoms with E-state index in [2.05, 4.69) is 5.32 Å². The van der Waals surface area contributed by atoms with Gasteiger partial charge in [-0.1, -0.05) is 30.3 Å². The van der Waals surface area contributed by atoms with Gasteiger partial charge in [0.1, 0.15) is 13.2 Å². The number of hydrogen-bond acceptors (Lipinski definition) is 9. The topological polar surface area (TPSA) is 195 Å². The molecule has 0 unspecified atom stereocenters. The molecule has 0 aliphatic rings. The van der Waals surface area contributed by atoms with Crippen molar-refractivity contribution in [1.82, 2.24) is 5.32 Å². The number of carbonyl (C=O) groups excluding carboxylic acids is 2. The lowest BCUT2D eigenvalue weighted by Gasteiger charge is -2.30. The van der Waals surface area contributed by atoms with E-state index in [9.17, 15) is 24.0 Å². The zero-order valence-corrected chi connectivity index (χ0v) is 19.8. The van der Waals surface area contributed by atoms with Gasteiger partial charge in [-0.25, -0.2) is 9.59 Å². The number of aliphatic carboxylic acids is 3. The van der Waals surface area contributed by atoms with E-state index in [-0.39, 0.29) is 45.9 Å². The second-order valence-corrected chi connectivity index (χ2v) is 7.98. The maximum absolute atomic E-state index is 13.1. The molecule has 1 amide bonds. The number of nitrogens with one attached hydrogen (secondary N) is 1. The van der Waals surface area contributed by atoms with Crippen LogP contribution in [-0.2, 0) is 49.5 Å². The van der Waals surface area contributed by atoms with Crippen molar-refractivity contribution in [2.24, 2.45) is 5.41 Å². The molecule has 0 heterocycles. The number of carboxylic acid groups (broad SMARTS) is 3. The van der Waals surface area contributed by atoms with Gasteiger partial charge in [-0.3, -0.25) is 14.4 Å². The summed E-state index contributed by atoms with van der Waals surface area (Å²) in [5.41, 5.74) is -0.771. The highest BCUT2D eigenvalue weighted by molar-refractivity contribution is 5.88. The molecule has 0 aliphatic heterocycles. The Morgan fingerprint density at radius 3 is 1.92 bits per heavy atom. The fraction of sp³-hybridized carbons (Fsp3) is 0.522. The summed E-state index contributed by atoms with van der Waals surface area (Å²) in [5, 5.41) is 28.8. The van der Waals surface area contributed by atoms with Crippen LogP contribution in [0.1, 0.15) is 25.3 Å². The van der Waals surface area contributed by atoms with Gasteiger partial charge in [0, 0.05) is 0 Å². The highest BCUT2D eigenvalue weighted by atomic mass is 16.5. The number of rotatable bonds is 19. The van der Waals surface area contributed by atoms with Gasteiger partial charge in [0.2, 0.25) is 5.91 Å². The first kappa shape index (κ1) is 30.5. The highest BCUT2D eigenvalue weighted by Gasteiger charge is 2.37. The van der Waals surface area contributed by atoms with Gasteiger partial charge in [-0.2, -0.15) is 0 Å². The lowest BCUT2D eigenvalue weighted by atomic mass is 9.91. The van der Waals surface area contributed by atoms with Crippen molar-refractivity contribution in [3.8, 4) is 0 Å². The number of benzene rings is 1. The lowest BCUT2D eigenvalue weighted by molar-refractivity contribution is -0.155. The Hall–Kier alpha value is -3.55. The molecule has 13 heteroatoms. The molecular weight excluding hydrogens is 482 g/mol. The van der Waals surface area contributed by atoms with Gasteiger partial charge < -0.3 is 39.6 Å². The number of esters is 1. The fourth-order valence-electron chi connectivity index (χ4n) is 2.68. The molecule has 0 bridgehead atoms. The molecule has 0 saturated heterocycles. The van der Waals surface area contributed by atoms with Gasteiger partial charge >= 0.3 is 23.9 Å². The van der Waals surface area contributed by atoms with Crippen molar-refractivity contribution in [1.29, 1.82) is 0 Å². The monoisotopic (exact) mass is 513 g/mol. The molecule has 1 aromatic carbocycles. The fourth-order valence-corrected chi connectivity index (χ4v) is 2.68. The van der Waals surface area contributed by atoms with Gasteiger partial charge in [0.15, 0.2) is 6.04 Å². The number of hydrogen-bond donors (Lipinski definition) is 4. The van der Waals surface area contributed by atoms with Crippen molar-refractivity contribution < 1.29 is 58.2 Å². The number of ether oxygens (including phenoxy) is 4. The van der Waals surface area contributed by atoms with Gasteiger partial charge in [-0.15, -0.1) is 0 Å². The van der Waals surface area contributed by atoms with Crippen LogP contribution < -0.4 is 5.32 Å². The number of carbonyl (C=O) groups is 5. The van der Waals surface area contributed by atoms with Crippen LogP contribution in [0.2, 0.25) is 0 Å². The Balaban J connectivity index is 2.90. The molecule has 1 aromatic rings. The summed E-state index contributed by atoms with van der Waals surface area (Å²) >= 11 is 0. The lowest BCUT2D eigenvalue weighted by Crippen LogP contribution is -2.53. The van der Waals surface area contributed by atoms with Gasteiger partial charge in [0.25, 0.3) is 0 Å². The second-order valence-electron chi connectivity index (χ2n) is 7.98. The van der Waals surface area contributed by atoms with Crippen LogP contribution in [0.3, 0.4) is 0 Å². The first-order valence-electron chi connectivity index (χ1n) is 10.9. The van der Waals surface area contributed by atoms with Crippen molar-refractivity contribution in [2.45, 2.75) is 32.4 Å². The average Bonchev–Trinajstić information content (AvgIpc) is 2.82. The van der Waals surface area contributed by atoms with E-state index >= 15 is 0 Å². The van der Waals surface area contributed by atoms with Crippen LogP contribution in [0.5, 0.6) is 0 Å². The van der Waals surface area contributed by atoms with Gasteiger partial charge in [0.05, 0.1) is 51.3 Å². The van der Waals surface area contributed by atoms with Crippen molar-refractivity contribution in [3.05, 3.63) is 35.9 Å². The van der Waals surface area contributed by atoms with E-state index < -0.39 is 54.5 Å². The summed E-state index contributed by atoms with van der Waals surface area (Å²) in [5.74, 6) is -5.11. The first-order chi connectivity index (χ1) is 17.0. The second kappa shape index (κ2) is 16.2. The molecule has 0 aliphatic carbocycles. The van der Waals surface area contributed by atoms with E-state index in [0.717, 1.165) is 0 Å². The minimum atomic E-state index is -1.46. The SMILES string of the molecule is CC(COCCC(=O)O)(COCCC(=O)O)C(=O)N[C@@H](COCC(=O)O)C(=O)OCc1ccccc1. The Morgan fingerprint density at radius 2 is 1.42 bits per heavy atom. The highest BCUT2D eigenvalue weighted by Crippen LogP contribution is 2.19. The minimum Gasteiger partial charge on any atom is -0.481 e. The van der Waals surface area contributed by atoms with Crippen molar-refractivity contribution >= 4 is 29.8 Å². The summed E-state index contributed by atoms with van der Waals surface area (Å²) in [6.45, 7) is -0.891. The van der Waals surface area contributed by atoms with Crippen LogP contribution in [0.15, 0.2) is 30.3 Å². The van der Waals surface area contributed by atoms with Crippen LogP contribution >= 0.6 is 0 Å². The Labute approximate surface area is 207 Å². The molecule has 0 fully saturated rings. The largest absolute Gasteiger partial charge is 0.481 e. The zero-order valence-electron chi connectivity index (χ0n) is 19.8. The number of carboxylic acids is 3. The summed E-state index contributed by atoms with van der Waals surface area (Å²) in [6, 6.07) is 7.35. The molecule has 0 radical (unpaired) electrons.